The van der Waals surface area contributed by atoms with Crippen molar-refractivity contribution < 1.29 is 14.3 Å². The highest BCUT2D eigenvalue weighted by Gasteiger charge is 2.12. The lowest BCUT2D eigenvalue weighted by Gasteiger charge is -2.03. The largest absolute Gasteiger partial charge is 0.459 e. The summed E-state index contributed by atoms with van der Waals surface area (Å²) in [6.45, 7) is 2.14. The van der Waals surface area contributed by atoms with E-state index in [4.69, 9.17) is 4.74 Å². The average molecular weight is 386 g/mol. The SMILES string of the molecule is Cc1ccc(Nc2nc(COC(=O)CCC(=O)c3cccs3)cs2)cc1. The maximum atomic E-state index is 11.9. The van der Waals surface area contributed by atoms with Gasteiger partial charge in [0.25, 0.3) is 0 Å². The van der Waals surface area contributed by atoms with Crippen LogP contribution in [0.15, 0.2) is 47.2 Å². The summed E-state index contributed by atoms with van der Waals surface area (Å²) in [6, 6.07) is 11.6. The van der Waals surface area contributed by atoms with Gasteiger partial charge in [0.2, 0.25) is 0 Å². The third-order valence-corrected chi connectivity index (χ3v) is 5.31. The van der Waals surface area contributed by atoms with Gasteiger partial charge in [-0.25, -0.2) is 4.98 Å². The van der Waals surface area contributed by atoms with Gasteiger partial charge in [0, 0.05) is 17.5 Å². The summed E-state index contributed by atoms with van der Waals surface area (Å²) in [4.78, 5) is 28.7. The number of Topliss-reactive ketones (excluding diaryl/α,β-unsaturated/α-hetero) is 1. The minimum Gasteiger partial charge on any atom is -0.459 e. The summed E-state index contributed by atoms with van der Waals surface area (Å²) in [5.74, 6) is -0.425. The Morgan fingerprint density at radius 3 is 2.65 bits per heavy atom. The first-order valence-electron chi connectivity index (χ1n) is 8.10. The average Bonchev–Trinajstić information content (AvgIpc) is 3.32. The summed E-state index contributed by atoms with van der Waals surface area (Å²) >= 11 is 2.83. The van der Waals surface area contributed by atoms with Crippen LogP contribution in [0.4, 0.5) is 10.8 Å². The lowest BCUT2D eigenvalue weighted by molar-refractivity contribution is -0.145. The van der Waals surface area contributed by atoms with E-state index in [9.17, 15) is 9.59 Å². The second-order valence-corrected chi connectivity index (χ2v) is 7.50. The number of nitrogens with zero attached hydrogens (tertiary/aromatic N) is 1. The van der Waals surface area contributed by atoms with Gasteiger partial charge >= 0.3 is 5.97 Å². The molecule has 7 heteroatoms. The Hall–Kier alpha value is -2.51. The molecule has 0 aliphatic heterocycles. The fourth-order valence-electron chi connectivity index (χ4n) is 2.19. The quantitative estimate of drug-likeness (QED) is 0.438. The van der Waals surface area contributed by atoms with Crippen LogP contribution in [-0.4, -0.2) is 16.7 Å². The zero-order valence-electron chi connectivity index (χ0n) is 14.2. The minimum absolute atomic E-state index is 0.0322. The van der Waals surface area contributed by atoms with Gasteiger partial charge in [-0.1, -0.05) is 23.8 Å². The van der Waals surface area contributed by atoms with Crippen molar-refractivity contribution in [2.45, 2.75) is 26.4 Å². The molecule has 0 saturated carbocycles. The Kier molecular flexibility index (Phi) is 6.14. The Morgan fingerprint density at radius 2 is 1.92 bits per heavy atom. The highest BCUT2D eigenvalue weighted by Crippen LogP contribution is 2.21. The number of aromatic nitrogens is 1. The maximum Gasteiger partial charge on any atom is 0.306 e. The van der Waals surface area contributed by atoms with Gasteiger partial charge in [0.05, 0.1) is 17.0 Å². The molecule has 0 spiro atoms. The molecule has 0 aliphatic rings. The molecule has 0 fully saturated rings. The number of esters is 1. The second-order valence-electron chi connectivity index (χ2n) is 5.70. The van der Waals surface area contributed by atoms with Crippen molar-refractivity contribution in [3.05, 3.63) is 63.3 Å². The van der Waals surface area contributed by atoms with Crippen LogP contribution in [0.1, 0.15) is 33.8 Å². The molecular weight excluding hydrogens is 368 g/mol. The number of benzene rings is 1. The maximum absolute atomic E-state index is 11.9. The van der Waals surface area contributed by atoms with Crippen LogP contribution in [0.2, 0.25) is 0 Å². The molecule has 0 unspecified atom stereocenters. The van der Waals surface area contributed by atoms with Gasteiger partial charge < -0.3 is 10.1 Å². The van der Waals surface area contributed by atoms with E-state index in [0.29, 0.717) is 10.6 Å². The molecule has 0 atom stereocenters. The number of ketones is 1. The van der Waals surface area contributed by atoms with Gasteiger partial charge in [-0.3, -0.25) is 9.59 Å². The Balaban J connectivity index is 1.43. The van der Waals surface area contributed by atoms with Crippen LogP contribution in [0, 0.1) is 6.92 Å². The fraction of sp³-hybridized carbons (Fsp3) is 0.211. The van der Waals surface area contributed by atoms with Gasteiger partial charge in [0.1, 0.15) is 6.61 Å². The first-order valence-corrected chi connectivity index (χ1v) is 9.86. The summed E-state index contributed by atoms with van der Waals surface area (Å²) in [5, 5.41) is 7.65. The van der Waals surface area contributed by atoms with E-state index in [1.807, 2.05) is 48.0 Å². The lowest BCUT2D eigenvalue weighted by atomic mass is 10.2. The number of hydrogen-bond donors (Lipinski definition) is 1. The van der Waals surface area contributed by atoms with Crippen LogP contribution >= 0.6 is 22.7 Å². The first-order chi connectivity index (χ1) is 12.6. The summed E-state index contributed by atoms with van der Waals surface area (Å²) in [7, 11) is 0. The molecule has 2 heterocycles. The third kappa shape index (κ3) is 5.24. The van der Waals surface area contributed by atoms with Crippen LogP contribution in [0.5, 0.6) is 0 Å². The number of aryl methyl sites for hydroxylation is 1. The molecule has 1 aromatic carbocycles. The van der Waals surface area contributed by atoms with Gasteiger partial charge in [-0.15, -0.1) is 22.7 Å². The van der Waals surface area contributed by atoms with Crippen LogP contribution < -0.4 is 5.32 Å². The molecule has 2 aromatic heterocycles. The zero-order valence-corrected chi connectivity index (χ0v) is 15.9. The highest BCUT2D eigenvalue weighted by atomic mass is 32.1. The molecule has 5 nitrogen and oxygen atoms in total. The number of thiophene rings is 1. The monoisotopic (exact) mass is 386 g/mol. The smallest absolute Gasteiger partial charge is 0.306 e. The predicted octanol–water partition coefficient (Wildman–Crippen LogP) is 4.96. The summed E-state index contributed by atoms with van der Waals surface area (Å²) in [5.41, 5.74) is 2.84. The van der Waals surface area contributed by atoms with Crippen molar-refractivity contribution in [3.63, 3.8) is 0 Å². The standard InChI is InChI=1S/C19H18N2O3S2/c1-13-4-6-14(7-5-13)20-19-21-15(12-26-19)11-24-18(23)9-8-16(22)17-3-2-10-25-17/h2-7,10,12H,8-9,11H2,1H3,(H,20,21). The Bertz CT molecular complexity index is 871. The van der Waals surface area contributed by atoms with Crippen molar-refractivity contribution in [3.8, 4) is 0 Å². The molecule has 0 radical (unpaired) electrons. The predicted molar refractivity (Wildman–Crippen MR) is 104 cm³/mol. The minimum atomic E-state index is -0.393. The number of thiazole rings is 1. The van der Waals surface area contributed by atoms with E-state index in [0.717, 1.165) is 10.8 Å². The number of ether oxygens (including phenoxy) is 1. The number of carbonyl (C=O) groups excluding carboxylic acids is 2. The lowest BCUT2D eigenvalue weighted by Crippen LogP contribution is -2.07. The molecule has 1 N–H and O–H groups in total. The molecule has 0 saturated heterocycles. The van der Waals surface area contributed by atoms with Gasteiger partial charge in [0.15, 0.2) is 10.9 Å². The van der Waals surface area contributed by atoms with Crippen molar-refractivity contribution in [1.29, 1.82) is 0 Å². The van der Waals surface area contributed by atoms with Crippen LogP contribution in [0.25, 0.3) is 0 Å². The molecular formula is C19H18N2O3S2. The summed E-state index contributed by atoms with van der Waals surface area (Å²) in [6.07, 6.45) is 0.242. The van der Waals surface area contributed by atoms with E-state index in [1.54, 1.807) is 6.07 Å². The van der Waals surface area contributed by atoms with Crippen LogP contribution in [0.3, 0.4) is 0 Å². The van der Waals surface area contributed by atoms with E-state index in [-0.39, 0.29) is 25.2 Å². The van der Waals surface area contributed by atoms with E-state index >= 15 is 0 Å². The molecule has 3 rings (SSSR count). The topological polar surface area (TPSA) is 68.3 Å². The molecule has 26 heavy (non-hydrogen) atoms. The number of anilines is 2. The first kappa shape index (κ1) is 18.3. The summed E-state index contributed by atoms with van der Waals surface area (Å²) < 4.78 is 5.20. The number of carbonyl (C=O) groups is 2. The second kappa shape index (κ2) is 8.73. The van der Waals surface area contributed by atoms with E-state index in [2.05, 4.69) is 10.3 Å². The van der Waals surface area contributed by atoms with Crippen LogP contribution in [-0.2, 0) is 16.1 Å². The Morgan fingerprint density at radius 1 is 1.12 bits per heavy atom. The molecule has 134 valence electrons. The third-order valence-electron chi connectivity index (χ3n) is 3.59. The van der Waals surface area contributed by atoms with Crippen molar-refractivity contribution >= 4 is 45.2 Å². The molecule has 0 amide bonds. The van der Waals surface area contributed by atoms with Crippen molar-refractivity contribution in [1.82, 2.24) is 4.98 Å². The van der Waals surface area contributed by atoms with Crippen molar-refractivity contribution in [2.24, 2.45) is 0 Å². The molecule has 0 bridgehead atoms. The number of hydrogen-bond acceptors (Lipinski definition) is 7. The van der Waals surface area contributed by atoms with E-state index in [1.165, 1.54) is 28.2 Å². The normalized spacial score (nSPS) is 10.5. The number of nitrogens with one attached hydrogen (secondary N) is 1. The zero-order chi connectivity index (χ0) is 18.4. The Labute approximate surface area is 159 Å². The fourth-order valence-corrected chi connectivity index (χ4v) is 3.60. The highest BCUT2D eigenvalue weighted by molar-refractivity contribution is 7.13. The molecule has 0 aliphatic carbocycles. The van der Waals surface area contributed by atoms with Crippen molar-refractivity contribution in [2.75, 3.05) is 5.32 Å². The van der Waals surface area contributed by atoms with Gasteiger partial charge in [-0.2, -0.15) is 0 Å². The molecule has 3 aromatic rings. The van der Waals surface area contributed by atoms with E-state index < -0.39 is 5.97 Å². The number of rotatable bonds is 8. The van der Waals surface area contributed by atoms with Gasteiger partial charge in [-0.05, 0) is 30.5 Å².